The van der Waals surface area contributed by atoms with Gasteiger partial charge in [0.1, 0.15) is 18.1 Å². The molecular formula is C19H26N2O3. The molecule has 0 unspecified atom stereocenters. The first kappa shape index (κ1) is 18.1. The summed E-state index contributed by atoms with van der Waals surface area (Å²) in [6, 6.07) is 9.41. The quantitative estimate of drug-likeness (QED) is 0.756. The largest absolute Gasteiger partial charge is 0.486 e. The minimum absolute atomic E-state index is 0.189. The maximum atomic E-state index is 12.0. The number of furan rings is 1. The van der Waals surface area contributed by atoms with Crippen LogP contribution in [0.2, 0.25) is 0 Å². The van der Waals surface area contributed by atoms with Gasteiger partial charge in [-0.2, -0.15) is 0 Å². The van der Waals surface area contributed by atoms with E-state index in [-0.39, 0.29) is 5.91 Å². The highest BCUT2D eigenvalue weighted by atomic mass is 16.5. The number of amides is 1. The monoisotopic (exact) mass is 330 g/mol. The number of hydrogen-bond acceptors (Lipinski definition) is 4. The zero-order chi connectivity index (χ0) is 17.5. The van der Waals surface area contributed by atoms with E-state index in [0.29, 0.717) is 24.7 Å². The molecule has 5 nitrogen and oxygen atoms in total. The van der Waals surface area contributed by atoms with Gasteiger partial charge in [0.2, 0.25) is 0 Å². The molecule has 1 N–H and O–H groups in total. The van der Waals surface area contributed by atoms with Crippen LogP contribution in [0.4, 0.5) is 0 Å². The minimum Gasteiger partial charge on any atom is -0.486 e. The summed E-state index contributed by atoms with van der Waals surface area (Å²) in [6.45, 7) is 5.99. The van der Waals surface area contributed by atoms with Gasteiger partial charge in [-0.15, -0.1) is 0 Å². The van der Waals surface area contributed by atoms with Crippen LogP contribution < -0.4 is 10.1 Å². The number of hydrogen-bond donors (Lipinski definition) is 1. The molecule has 1 amide bonds. The number of ether oxygens (including phenoxy) is 1. The summed E-state index contributed by atoms with van der Waals surface area (Å²) in [6.07, 6.45) is 0.905. The second-order valence-corrected chi connectivity index (χ2v) is 6.21. The molecule has 0 saturated carbocycles. The normalized spacial score (nSPS) is 10.9. The molecule has 2 rings (SSSR count). The number of aryl methyl sites for hydroxylation is 2. The Kier molecular flexibility index (Phi) is 6.44. The van der Waals surface area contributed by atoms with Crippen LogP contribution in [0.1, 0.15) is 33.9 Å². The third kappa shape index (κ3) is 5.42. The van der Waals surface area contributed by atoms with Gasteiger partial charge in [0.15, 0.2) is 5.76 Å². The van der Waals surface area contributed by atoms with Crippen LogP contribution in [-0.2, 0) is 6.61 Å². The number of benzene rings is 1. The number of rotatable bonds is 8. The minimum atomic E-state index is -0.189. The molecule has 0 aliphatic heterocycles. The Morgan fingerprint density at radius 1 is 1.17 bits per heavy atom. The second kappa shape index (κ2) is 8.55. The van der Waals surface area contributed by atoms with Crippen molar-refractivity contribution in [1.29, 1.82) is 0 Å². The highest BCUT2D eigenvalue weighted by Crippen LogP contribution is 2.18. The number of carbonyl (C=O) groups is 1. The van der Waals surface area contributed by atoms with Gasteiger partial charge in [0, 0.05) is 6.54 Å². The van der Waals surface area contributed by atoms with Crippen molar-refractivity contribution in [3.63, 3.8) is 0 Å². The lowest BCUT2D eigenvalue weighted by molar-refractivity contribution is 0.0920. The molecule has 0 bridgehead atoms. The predicted molar refractivity (Wildman–Crippen MR) is 94.5 cm³/mol. The summed E-state index contributed by atoms with van der Waals surface area (Å²) in [5.74, 6) is 1.56. The molecule has 0 aliphatic carbocycles. The first-order valence-corrected chi connectivity index (χ1v) is 8.17. The van der Waals surface area contributed by atoms with Crippen molar-refractivity contribution in [2.24, 2.45) is 0 Å². The van der Waals surface area contributed by atoms with Crippen molar-refractivity contribution in [1.82, 2.24) is 10.2 Å². The molecule has 0 aliphatic rings. The van der Waals surface area contributed by atoms with Crippen LogP contribution in [0.25, 0.3) is 0 Å². The zero-order valence-electron chi connectivity index (χ0n) is 14.9. The Bertz CT molecular complexity index is 677. The molecular weight excluding hydrogens is 304 g/mol. The first-order chi connectivity index (χ1) is 11.5. The molecule has 0 atom stereocenters. The molecule has 1 aromatic heterocycles. The fraction of sp³-hybridized carbons (Fsp3) is 0.421. The van der Waals surface area contributed by atoms with Crippen molar-refractivity contribution < 1.29 is 13.9 Å². The van der Waals surface area contributed by atoms with E-state index in [9.17, 15) is 4.79 Å². The molecule has 0 saturated heterocycles. The highest BCUT2D eigenvalue weighted by Gasteiger charge is 2.11. The molecule has 2 aromatic rings. The van der Waals surface area contributed by atoms with Crippen LogP contribution in [0.3, 0.4) is 0 Å². The lowest BCUT2D eigenvalue weighted by Gasteiger charge is -2.09. The van der Waals surface area contributed by atoms with Crippen LogP contribution in [0.15, 0.2) is 34.7 Å². The van der Waals surface area contributed by atoms with E-state index in [2.05, 4.69) is 17.1 Å². The van der Waals surface area contributed by atoms with Crippen molar-refractivity contribution in [2.45, 2.75) is 26.9 Å². The second-order valence-electron chi connectivity index (χ2n) is 6.21. The summed E-state index contributed by atoms with van der Waals surface area (Å²) in [5.41, 5.74) is 2.42. The fourth-order valence-electron chi connectivity index (χ4n) is 2.22. The van der Waals surface area contributed by atoms with Crippen LogP contribution in [-0.4, -0.2) is 38.0 Å². The van der Waals surface area contributed by atoms with E-state index >= 15 is 0 Å². The van der Waals surface area contributed by atoms with Crippen LogP contribution >= 0.6 is 0 Å². The summed E-state index contributed by atoms with van der Waals surface area (Å²) in [5, 5.41) is 2.85. The molecule has 1 aromatic carbocycles. The highest BCUT2D eigenvalue weighted by molar-refractivity contribution is 5.91. The van der Waals surface area contributed by atoms with Crippen LogP contribution in [0, 0.1) is 13.8 Å². The van der Waals surface area contributed by atoms with E-state index in [1.807, 2.05) is 39.2 Å². The molecule has 130 valence electrons. The standard InChI is InChI=1S/C19H26N2O3/c1-14-6-7-16(12-15(14)2)23-13-17-8-9-18(24-17)19(22)20-10-5-11-21(3)4/h6-9,12H,5,10-11,13H2,1-4H3,(H,20,22). The zero-order valence-corrected chi connectivity index (χ0v) is 14.9. The molecule has 1 heterocycles. The van der Waals surface area contributed by atoms with Gasteiger partial charge in [-0.3, -0.25) is 4.79 Å². The SMILES string of the molecule is Cc1ccc(OCc2ccc(C(=O)NCCCN(C)C)o2)cc1C. The van der Waals surface area contributed by atoms with Gasteiger partial charge in [-0.1, -0.05) is 6.07 Å². The van der Waals surface area contributed by atoms with Crippen molar-refractivity contribution >= 4 is 5.91 Å². The van der Waals surface area contributed by atoms with Gasteiger partial charge >= 0.3 is 0 Å². The third-order valence-electron chi connectivity index (χ3n) is 3.81. The fourth-order valence-corrected chi connectivity index (χ4v) is 2.22. The topological polar surface area (TPSA) is 54.7 Å². The van der Waals surface area contributed by atoms with Crippen molar-refractivity contribution in [3.05, 3.63) is 53.0 Å². The summed E-state index contributed by atoms with van der Waals surface area (Å²) < 4.78 is 11.3. The van der Waals surface area contributed by atoms with E-state index < -0.39 is 0 Å². The van der Waals surface area contributed by atoms with E-state index in [1.165, 1.54) is 11.1 Å². The summed E-state index contributed by atoms with van der Waals surface area (Å²) in [7, 11) is 4.02. The molecule has 24 heavy (non-hydrogen) atoms. The molecule has 0 spiro atoms. The Labute approximate surface area is 143 Å². The lowest BCUT2D eigenvalue weighted by atomic mass is 10.1. The van der Waals surface area contributed by atoms with Gasteiger partial charge in [-0.25, -0.2) is 0 Å². The van der Waals surface area contributed by atoms with Crippen molar-refractivity contribution in [2.75, 3.05) is 27.2 Å². The Balaban J connectivity index is 1.81. The number of carbonyl (C=O) groups excluding carboxylic acids is 1. The number of nitrogens with one attached hydrogen (secondary N) is 1. The maximum Gasteiger partial charge on any atom is 0.286 e. The predicted octanol–water partition coefficient (Wildman–Crippen LogP) is 3.16. The Morgan fingerprint density at radius 3 is 2.67 bits per heavy atom. The average Bonchev–Trinajstić information content (AvgIpc) is 3.01. The number of nitrogens with zero attached hydrogens (tertiary/aromatic N) is 1. The van der Waals surface area contributed by atoms with Gasteiger partial charge in [0.25, 0.3) is 5.91 Å². The average molecular weight is 330 g/mol. The molecule has 5 heteroatoms. The first-order valence-electron chi connectivity index (χ1n) is 8.17. The molecule has 0 radical (unpaired) electrons. The summed E-state index contributed by atoms with van der Waals surface area (Å²) >= 11 is 0. The van der Waals surface area contributed by atoms with Crippen LogP contribution in [0.5, 0.6) is 5.75 Å². The smallest absolute Gasteiger partial charge is 0.286 e. The Morgan fingerprint density at radius 2 is 1.96 bits per heavy atom. The van der Waals surface area contributed by atoms with Gasteiger partial charge in [0.05, 0.1) is 0 Å². The lowest BCUT2D eigenvalue weighted by Crippen LogP contribution is -2.26. The van der Waals surface area contributed by atoms with Gasteiger partial charge in [-0.05, 0) is 76.3 Å². The van der Waals surface area contributed by atoms with Crippen molar-refractivity contribution in [3.8, 4) is 5.75 Å². The Hall–Kier alpha value is -2.27. The van der Waals surface area contributed by atoms with E-state index in [1.54, 1.807) is 12.1 Å². The molecule has 0 fully saturated rings. The third-order valence-corrected chi connectivity index (χ3v) is 3.81. The maximum absolute atomic E-state index is 12.0. The van der Waals surface area contributed by atoms with Gasteiger partial charge < -0.3 is 19.4 Å². The van der Waals surface area contributed by atoms with E-state index in [0.717, 1.165) is 18.7 Å². The van der Waals surface area contributed by atoms with E-state index in [4.69, 9.17) is 9.15 Å². The summed E-state index contributed by atoms with van der Waals surface area (Å²) in [4.78, 5) is 14.1.